The summed E-state index contributed by atoms with van der Waals surface area (Å²) in [5.74, 6) is 0.118. The van der Waals surface area contributed by atoms with Gasteiger partial charge in [-0.3, -0.25) is 0 Å². The maximum Gasteiger partial charge on any atom is 0.170 e. The van der Waals surface area contributed by atoms with Gasteiger partial charge in [0, 0.05) is 12.8 Å². The zero-order valence-corrected chi connectivity index (χ0v) is 13.1. The van der Waals surface area contributed by atoms with E-state index >= 15 is 0 Å². The molecular formula is C18H26O2. The molecule has 2 saturated heterocycles. The molecule has 2 aliphatic rings. The zero-order valence-electron chi connectivity index (χ0n) is 13.1. The average Bonchev–Trinajstić information content (AvgIpc) is 2.90. The molecule has 2 bridgehead atoms. The number of aryl methyl sites for hydroxylation is 1. The highest BCUT2D eigenvalue weighted by atomic mass is 16.7. The molecule has 2 heteroatoms. The summed E-state index contributed by atoms with van der Waals surface area (Å²) in [6, 6.07) is 8.56. The molecule has 1 atom stereocenters. The molecule has 0 amide bonds. The molecule has 1 unspecified atom stereocenters. The first-order chi connectivity index (χ1) is 9.43. The van der Waals surface area contributed by atoms with Crippen molar-refractivity contribution in [1.29, 1.82) is 0 Å². The SMILES string of the molecule is Cc1ccccc1C(OC12CCC(C)(CC1)O2)C(C)C. The van der Waals surface area contributed by atoms with E-state index in [9.17, 15) is 0 Å². The van der Waals surface area contributed by atoms with Crippen molar-refractivity contribution < 1.29 is 9.47 Å². The van der Waals surface area contributed by atoms with Gasteiger partial charge in [0.25, 0.3) is 0 Å². The van der Waals surface area contributed by atoms with E-state index in [0.717, 1.165) is 25.7 Å². The maximum atomic E-state index is 6.56. The Morgan fingerprint density at radius 2 is 1.75 bits per heavy atom. The van der Waals surface area contributed by atoms with Crippen molar-refractivity contribution in [3.63, 3.8) is 0 Å². The fraction of sp³-hybridized carbons (Fsp3) is 0.667. The number of hydrogen-bond acceptors (Lipinski definition) is 2. The maximum absolute atomic E-state index is 6.56. The second-order valence-corrected chi connectivity index (χ2v) is 7.10. The number of rotatable bonds is 4. The molecule has 0 aliphatic carbocycles. The van der Waals surface area contributed by atoms with Crippen LogP contribution in [0.5, 0.6) is 0 Å². The fourth-order valence-electron chi connectivity index (χ4n) is 3.65. The van der Waals surface area contributed by atoms with Gasteiger partial charge in [0.2, 0.25) is 0 Å². The van der Waals surface area contributed by atoms with Crippen molar-refractivity contribution in [1.82, 2.24) is 0 Å². The Hall–Kier alpha value is -0.860. The van der Waals surface area contributed by atoms with E-state index < -0.39 is 0 Å². The average molecular weight is 274 g/mol. The second kappa shape index (κ2) is 4.85. The van der Waals surface area contributed by atoms with Gasteiger partial charge < -0.3 is 9.47 Å². The van der Waals surface area contributed by atoms with Crippen LogP contribution in [-0.2, 0) is 9.47 Å². The van der Waals surface area contributed by atoms with Crippen molar-refractivity contribution in [2.24, 2.45) is 5.92 Å². The summed E-state index contributed by atoms with van der Waals surface area (Å²) < 4.78 is 12.8. The lowest BCUT2D eigenvalue weighted by Crippen LogP contribution is -2.32. The van der Waals surface area contributed by atoms with Crippen molar-refractivity contribution in [2.45, 2.75) is 70.9 Å². The molecule has 3 rings (SSSR count). The summed E-state index contributed by atoms with van der Waals surface area (Å²) in [5, 5.41) is 0. The molecule has 2 aliphatic heterocycles. The molecule has 0 saturated carbocycles. The Kier molecular flexibility index (Phi) is 3.42. The smallest absolute Gasteiger partial charge is 0.170 e. The van der Waals surface area contributed by atoms with Gasteiger partial charge >= 0.3 is 0 Å². The van der Waals surface area contributed by atoms with Crippen LogP contribution in [0.2, 0.25) is 0 Å². The van der Waals surface area contributed by atoms with E-state index in [1.165, 1.54) is 11.1 Å². The van der Waals surface area contributed by atoms with Crippen LogP contribution < -0.4 is 0 Å². The molecule has 0 radical (unpaired) electrons. The van der Waals surface area contributed by atoms with E-state index in [0.29, 0.717) is 5.92 Å². The number of benzene rings is 1. The number of ether oxygens (including phenoxy) is 2. The third kappa shape index (κ3) is 2.40. The lowest BCUT2D eigenvalue weighted by atomic mass is 9.88. The van der Waals surface area contributed by atoms with Crippen LogP contribution in [0, 0.1) is 12.8 Å². The predicted octanol–water partition coefficient (Wildman–Crippen LogP) is 4.77. The summed E-state index contributed by atoms with van der Waals surface area (Å²) in [7, 11) is 0. The van der Waals surface area contributed by atoms with Crippen LogP contribution in [0.15, 0.2) is 24.3 Å². The van der Waals surface area contributed by atoms with Gasteiger partial charge in [0.15, 0.2) is 5.79 Å². The number of hydrogen-bond donors (Lipinski definition) is 0. The molecule has 2 nitrogen and oxygen atoms in total. The standard InChI is InChI=1S/C18H26O2/c1-13(2)16(15-8-6-5-7-14(15)3)19-18-11-9-17(4,20-18)10-12-18/h5-8,13,16H,9-12H2,1-4H3. The Morgan fingerprint density at radius 3 is 2.25 bits per heavy atom. The summed E-state index contributed by atoms with van der Waals surface area (Å²) >= 11 is 0. The fourth-order valence-corrected chi connectivity index (χ4v) is 3.65. The molecular weight excluding hydrogens is 248 g/mol. The minimum atomic E-state index is -0.327. The quantitative estimate of drug-likeness (QED) is 0.787. The molecule has 0 N–H and O–H groups in total. The van der Waals surface area contributed by atoms with Crippen LogP contribution in [0.3, 0.4) is 0 Å². The largest absolute Gasteiger partial charge is 0.344 e. The van der Waals surface area contributed by atoms with Crippen LogP contribution >= 0.6 is 0 Å². The van der Waals surface area contributed by atoms with E-state index in [2.05, 4.69) is 52.0 Å². The highest BCUT2D eigenvalue weighted by Crippen LogP contribution is 2.53. The Morgan fingerprint density at radius 1 is 1.10 bits per heavy atom. The van der Waals surface area contributed by atoms with E-state index in [1.807, 2.05) is 0 Å². The summed E-state index contributed by atoms with van der Waals surface area (Å²) in [6.45, 7) is 8.86. The Balaban J connectivity index is 1.85. The van der Waals surface area contributed by atoms with E-state index in [-0.39, 0.29) is 17.5 Å². The minimum absolute atomic E-state index is 0.0628. The molecule has 1 aromatic rings. The summed E-state index contributed by atoms with van der Waals surface area (Å²) in [5.41, 5.74) is 2.68. The first-order valence-corrected chi connectivity index (χ1v) is 7.87. The molecule has 0 aromatic heterocycles. The van der Waals surface area contributed by atoms with Gasteiger partial charge in [0.05, 0.1) is 11.7 Å². The topological polar surface area (TPSA) is 18.5 Å². The minimum Gasteiger partial charge on any atom is -0.344 e. The zero-order chi connectivity index (χ0) is 14.4. The van der Waals surface area contributed by atoms with Gasteiger partial charge in [-0.2, -0.15) is 0 Å². The van der Waals surface area contributed by atoms with Crippen LogP contribution in [0.4, 0.5) is 0 Å². The van der Waals surface area contributed by atoms with Gasteiger partial charge in [-0.15, -0.1) is 0 Å². The van der Waals surface area contributed by atoms with Crippen LogP contribution in [0.1, 0.15) is 63.7 Å². The van der Waals surface area contributed by atoms with E-state index in [1.54, 1.807) is 0 Å². The molecule has 2 heterocycles. The lowest BCUT2D eigenvalue weighted by Gasteiger charge is -2.33. The highest BCUT2D eigenvalue weighted by molar-refractivity contribution is 5.28. The van der Waals surface area contributed by atoms with Crippen molar-refractivity contribution in [3.05, 3.63) is 35.4 Å². The number of fused-ring (bicyclic) bond motifs is 2. The first kappa shape index (κ1) is 14.1. The Bertz CT molecular complexity index is 484. The van der Waals surface area contributed by atoms with Crippen LogP contribution in [0.25, 0.3) is 0 Å². The predicted molar refractivity (Wildman–Crippen MR) is 80.5 cm³/mol. The van der Waals surface area contributed by atoms with Gasteiger partial charge in [0.1, 0.15) is 0 Å². The summed E-state index contributed by atoms with van der Waals surface area (Å²) in [4.78, 5) is 0. The third-order valence-corrected chi connectivity index (χ3v) is 4.94. The molecule has 20 heavy (non-hydrogen) atoms. The molecule has 0 spiro atoms. The van der Waals surface area contributed by atoms with Gasteiger partial charge in [-0.25, -0.2) is 0 Å². The van der Waals surface area contributed by atoms with Gasteiger partial charge in [-0.05, 0) is 43.7 Å². The molecule has 2 fully saturated rings. The highest BCUT2D eigenvalue weighted by Gasteiger charge is 2.55. The van der Waals surface area contributed by atoms with Crippen molar-refractivity contribution in [2.75, 3.05) is 0 Å². The normalized spacial score (nSPS) is 33.9. The van der Waals surface area contributed by atoms with Gasteiger partial charge in [-0.1, -0.05) is 38.1 Å². The third-order valence-electron chi connectivity index (χ3n) is 4.94. The second-order valence-electron chi connectivity index (χ2n) is 7.10. The van der Waals surface area contributed by atoms with Crippen molar-refractivity contribution >= 4 is 0 Å². The molecule has 1 aromatic carbocycles. The monoisotopic (exact) mass is 274 g/mol. The van der Waals surface area contributed by atoms with Crippen molar-refractivity contribution in [3.8, 4) is 0 Å². The lowest BCUT2D eigenvalue weighted by molar-refractivity contribution is -0.246. The Labute approximate surface area is 122 Å². The summed E-state index contributed by atoms with van der Waals surface area (Å²) in [6.07, 6.45) is 4.46. The van der Waals surface area contributed by atoms with Crippen LogP contribution in [-0.4, -0.2) is 11.4 Å². The first-order valence-electron chi connectivity index (χ1n) is 7.87. The molecule has 110 valence electrons. The van der Waals surface area contributed by atoms with E-state index in [4.69, 9.17) is 9.47 Å².